The number of carbonyl (C=O) groups excluding carboxylic acids is 4. The molecule has 0 saturated carbocycles. The van der Waals surface area contributed by atoms with Gasteiger partial charge in [0.2, 0.25) is 0 Å². The molecule has 0 amide bonds. The first-order valence-electron chi connectivity index (χ1n) is 15.3. The molecule has 4 rings (SSSR count). The Kier molecular flexibility index (Phi) is 13.6. The van der Waals surface area contributed by atoms with Gasteiger partial charge in [0.15, 0.2) is 49.6 Å². The number of rotatable bonds is 10. The first-order valence-corrected chi connectivity index (χ1v) is 15.3. The molecule has 280 valence electrons. The Labute approximate surface area is 278 Å². The van der Waals surface area contributed by atoms with Crippen molar-refractivity contribution in [3.05, 3.63) is 0 Å². The molecule has 4 fully saturated rings. The molecule has 0 aromatic carbocycles. The fourth-order valence-corrected chi connectivity index (χ4v) is 5.60. The van der Waals surface area contributed by atoms with Crippen molar-refractivity contribution >= 4 is 23.9 Å². The number of aliphatic hydroxyl groups excluding tert-OH is 6. The Morgan fingerprint density at radius 2 is 0.898 bits per heavy atom. The molecule has 0 bridgehead atoms. The molecule has 4 aliphatic rings. The van der Waals surface area contributed by atoms with E-state index in [4.69, 9.17) is 52.1 Å². The Balaban J connectivity index is 1.42. The van der Waals surface area contributed by atoms with Crippen LogP contribution in [0.4, 0.5) is 0 Å². The lowest BCUT2D eigenvalue weighted by atomic mass is 10.0. The molecule has 0 spiro atoms. The normalized spacial score (nSPS) is 42.8. The fourth-order valence-electron chi connectivity index (χ4n) is 5.60. The van der Waals surface area contributed by atoms with Crippen LogP contribution in [0.3, 0.4) is 0 Å². The fraction of sp³-hybridized carbons (Fsp3) is 0.857. The summed E-state index contributed by atoms with van der Waals surface area (Å²) >= 11 is 0. The predicted molar refractivity (Wildman–Crippen MR) is 148 cm³/mol. The highest BCUT2D eigenvalue weighted by atomic mass is 16.8. The van der Waals surface area contributed by atoms with E-state index in [1.165, 1.54) is 0 Å². The van der Waals surface area contributed by atoms with Gasteiger partial charge in [0.1, 0.15) is 48.8 Å². The third kappa shape index (κ3) is 9.78. The summed E-state index contributed by atoms with van der Waals surface area (Å²) < 4.78 is 59.4. The molecule has 0 aromatic rings. The number of hydrogen-bond donors (Lipinski definition) is 6. The van der Waals surface area contributed by atoms with Gasteiger partial charge in [-0.05, 0) is 0 Å². The minimum Gasteiger partial charge on any atom is -0.457 e. The van der Waals surface area contributed by atoms with Gasteiger partial charge in [-0.3, -0.25) is 19.2 Å². The summed E-state index contributed by atoms with van der Waals surface area (Å²) in [6.07, 6.45) is -25.0. The molecule has 0 unspecified atom stereocenters. The molecule has 6 N–H and O–H groups in total. The van der Waals surface area contributed by atoms with Crippen LogP contribution >= 0.6 is 0 Å². The van der Waals surface area contributed by atoms with Gasteiger partial charge in [0, 0.05) is 27.7 Å². The maximum absolute atomic E-state index is 11.9. The van der Waals surface area contributed by atoms with Crippen molar-refractivity contribution in [2.45, 2.75) is 126 Å². The lowest BCUT2D eigenvalue weighted by molar-refractivity contribution is -0.371. The van der Waals surface area contributed by atoms with E-state index in [0.29, 0.717) is 0 Å². The number of aliphatic hydroxyl groups is 6. The van der Waals surface area contributed by atoms with Gasteiger partial charge < -0.3 is 82.7 Å². The van der Waals surface area contributed by atoms with Crippen molar-refractivity contribution in [2.75, 3.05) is 26.4 Å². The van der Waals surface area contributed by atoms with Crippen molar-refractivity contribution < 1.29 is 102 Å². The quantitative estimate of drug-likeness (QED) is 0.0913. The average molecular weight is 715 g/mol. The Morgan fingerprint density at radius 3 is 1.47 bits per heavy atom. The van der Waals surface area contributed by atoms with Crippen LogP contribution < -0.4 is 0 Å². The van der Waals surface area contributed by atoms with Crippen molar-refractivity contribution in [3.8, 4) is 0 Å². The summed E-state index contributed by atoms with van der Waals surface area (Å²) in [5.74, 6) is -3.11. The lowest BCUT2D eigenvalue weighted by Crippen LogP contribution is -2.64. The van der Waals surface area contributed by atoms with Gasteiger partial charge in [-0.15, -0.1) is 0 Å². The van der Waals surface area contributed by atoms with Crippen LogP contribution in [0.2, 0.25) is 0 Å². The molecule has 49 heavy (non-hydrogen) atoms. The van der Waals surface area contributed by atoms with Crippen molar-refractivity contribution in [1.29, 1.82) is 0 Å². The highest BCUT2D eigenvalue weighted by Gasteiger charge is 2.52. The first-order chi connectivity index (χ1) is 23.1. The summed E-state index contributed by atoms with van der Waals surface area (Å²) in [6, 6.07) is 0. The van der Waals surface area contributed by atoms with E-state index in [0.717, 1.165) is 27.7 Å². The minimum atomic E-state index is -1.89. The van der Waals surface area contributed by atoms with Gasteiger partial charge in [-0.2, -0.15) is 0 Å². The Bertz CT molecular complexity index is 1150. The molecule has 0 aliphatic carbocycles. The topological polar surface area (TPSA) is 291 Å². The Hall–Kier alpha value is -2.64. The van der Waals surface area contributed by atoms with E-state index in [-0.39, 0.29) is 6.61 Å². The first kappa shape index (κ1) is 39.2. The summed E-state index contributed by atoms with van der Waals surface area (Å²) in [4.78, 5) is 46.7. The molecular formula is C28H42O21. The molecular weight excluding hydrogens is 672 g/mol. The largest absolute Gasteiger partial charge is 0.457 e. The van der Waals surface area contributed by atoms with Crippen LogP contribution in [0, 0.1) is 0 Å². The van der Waals surface area contributed by atoms with E-state index in [2.05, 4.69) is 0 Å². The number of ether oxygens (including phenoxy) is 11. The highest BCUT2D eigenvalue weighted by molar-refractivity contribution is 5.68. The van der Waals surface area contributed by atoms with Gasteiger partial charge >= 0.3 is 23.9 Å². The van der Waals surface area contributed by atoms with Gasteiger partial charge in [0.05, 0.1) is 26.4 Å². The molecule has 21 nitrogen and oxygen atoms in total. The summed E-state index contributed by atoms with van der Waals surface area (Å²) in [5.41, 5.74) is 0. The van der Waals surface area contributed by atoms with E-state index in [1.807, 2.05) is 0 Å². The van der Waals surface area contributed by atoms with E-state index in [9.17, 15) is 49.8 Å². The third-order valence-corrected chi connectivity index (χ3v) is 7.80. The second-order valence-electron chi connectivity index (χ2n) is 11.7. The molecule has 21 heteroatoms. The van der Waals surface area contributed by atoms with Gasteiger partial charge in [0.25, 0.3) is 0 Å². The summed E-state index contributed by atoms with van der Waals surface area (Å²) in [6.45, 7) is 2.61. The van der Waals surface area contributed by atoms with Gasteiger partial charge in [-0.1, -0.05) is 0 Å². The lowest BCUT2D eigenvalue weighted by Gasteiger charge is -2.46. The number of carbonyl (C=O) groups is 4. The molecule has 4 heterocycles. The summed E-state index contributed by atoms with van der Waals surface area (Å²) in [7, 11) is 0. The van der Waals surface area contributed by atoms with E-state index in [1.54, 1.807) is 0 Å². The smallest absolute Gasteiger partial charge is 0.303 e. The number of hydrogen-bond acceptors (Lipinski definition) is 21. The standard InChI is InChI=1S/C28H42O21/c1-9(29)43-14-6-40-27(19(36)17(14)34)49-23-21(13(33)5-39-25(23)38)48-26-20(37)18(35)15(7-41-26)47-28-24(46-12(4)32)22(45-11(3)31)16(8-42-28)44-10(2)30/h13-28,33-38H,5-8H2,1-4H3/t13-,14+,15-,16+,17+,18+,19-,20-,21+,22+,23-,24-,25-,26+,27+,28+/m1/s1. The van der Waals surface area contributed by atoms with Gasteiger partial charge in [-0.25, -0.2) is 0 Å². The predicted octanol–water partition coefficient (Wildman–Crippen LogP) is -4.91. The van der Waals surface area contributed by atoms with Crippen molar-refractivity contribution in [2.24, 2.45) is 0 Å². The van der Waals surface area contributed by atoms with Crippen LogP contribution in [0.1, 0.15) is 27.7 Å². The maximum atomic E-state index is 11.9. The molecule has 4 aliphatic heterocycles. The monoisotopic (exact) mass is 714 g/mol. The van der Waals surface area contributed by atoms with Crippen LogP contribution in [-0.2, 0) is 71.3 Å². The zero-order valence-electron chi connectivity index (χ0n) is 26.9. The second-order valence-corrected chi connectivity index (χ2v) is 11.7. The van der Waals surface area contributed by atoms with E-state index >= 15 is 0 Å². The second kappa shape index (κ2) is 17.0. The Morgan fingerprint density at radius 1 is 0.449 bits per heavy atom. The highest BCUT2D eigenvalue weighted by Crippen LogP contribution is 2.32. The van der Waals surface area contributed by atoms with Crippen LogP contribution in [-0.4, -0.2) is 179 Å². The van der Waals surface area contributed by atoms with Crippen LogP contribution in [0.15, 0.2) is 0 Å². The van der Waals surface area contributed by atoms with Crippen molar-refractivity contribution in [3.63, 3.8) is 0 Å². The molecule has 16 atom stereocenters. The molecule has 0 radical (unpaired) electrons. The molecule has 0 aromatic heterocycles. The zero-order chi connectivity index (χ0) is 36.2. The van der Waals surface area contributed by atoms with Crippen LogP contribution in [0.5, 0.6) is 0 Å². The minimum absolute atomic E-state index is 0.371. The van der Waals surface area contributed by atoms with Crippen molar-refractivity contribution in [1.82, 2.24) is 0 Å². The number of esters is 4. The van der Waals surface area contributed by atoms with E-state index < -0.39 is 142 Å². The SMILES string of the molecule is CC(=O)O[C@@H]1[C@@H](OC(C)=O)[C@H](O[C@@H]2CO[C@@H](O[C@@H]3[C@@H](O[C@@H]4OC[C@H](OC(C)=O)[C@H](O)[C@H]4O)[C@H](O)OC[C@H]3O)[C@H](O)[C@H]2O)OC[C@@H]1OC(C)=O. The zero-order valence-corrected chi connectivity index (χ0v) is 26.9. The van der Waals surface area contributed by atoms with Crippen LogP contribution in [0.25, 0.3) is 0 Å². The summed E-state index contributed by atoms with van der Waals surface area (Å²) in [5, 5.41) is 64.0. The molecule has 4 saturated heterocycles. The maximum Gasteiger partial charge on any atom is 0.303 e. The average Bonchev–Trinajstić information content (AvgIpc) is 3.01. The third-order valence-electron chi connectivity index (χ3n) is 7.80.